The van der Waals surface area contributed by atoms with Crippen LogP contribution in [0.15, 0.2) is 46.8 Å². The van der Waals surface area contributed by atoms with E-state index in [4.69, 9.17) is 0 Å². The number of carbonyl (C=O) groups excluding carboxylic acids is 3. The van der Waals surface area contributed by atoms with E-state index in [2.05, 4.69) is 0 Å². The second-order valence-corrected chi connectivity index (χ2v) is 10.9. The monoisotopic (exact) mass is 420 g/mol. The summed E-state index contributed by atoms with van der Waals surface area (Å²) in [5, 5.41) is 11.7. The summed E-state index contributed by atoms with van der Waals surface area (Å²) in [7, 11) is 0. The van der Waals surface area contributed by atoms with Crippen molar-refractivity contribution in [2.45, 2.75) is 66.2 Å². The highest BCUT2D eigenvalue weighted by Gasteiger charge is 2.49. The SMILES string of the molecule is Cc1ccccc1C1C2=C(CC(C)(C)CC2=O)N(CC(=O)[O-])C2=C1C(=O)CC(C)(C)C2. The fourth-order valence-corrected chi connectivity index (χ4v) is 5.59. The van der Waals surface area contributed by atoms with Crippen LogP contribution >= 0.6 is 0 Å². The molecule has 1 aliphatic heterocycles. The number of nitrogens with zero attached hydrogens (tertiary/aromatic N) is 1. The number of carboxylic acid groups (broad SMARTS) is 1. The Morgan fingerprint density at radius 2 is 1.42 bits per heavy atom. The summed E-state index contributed by atoms with van der Waals surface area (Å²) in [5.41, 5.74) is 4.13. The average molecular weight is 421 g/mol. The van der Waals surface area contributed by atoms with Gasteiger partial charge in [0.05, 0.1) is 12.5 Å². The molecule has 0 aromatic heterocycles. The van der Waals surface area contributed by atoms with Crippen molar-refractivity contribution >= 4 is 17.5 Å². The van der Waals surface area contributed by atoms with Crippen molar-refractivity contribution in [1.29, 1.82) is 0 Å². The number of Topliss-reactive ketones (excluding diaryl/α,β-unsaturated/α-hetero) is 2. The molecular formula is C26H30NO4-. The van der Waals surface area contributed by atoms with Gasteiger partial charge in [-0.25, -0.2) is 0 Å². The Morgan fingerprint density at radius 1 is 0.935 bits per heavy atom. The van der Waals surface area contributed by atoms with Crippen LogP contribution in [-0.4, -0.2) is 29.0 Å². The molecule has 0 spiro atoms. The number of ketones is 2. The Hall–Kier alpha value is -2.69. The van der Waals surface area contributed by atoms with Crippen molar-refractivity contribution < 1.29 is 19.5 Å². The Balaban J connectivity index is 2.03. The van der Waals surface area contributed by atoms with Gasteiger partial charge in [-0.2, -0.15) is 0 Å². The van der Waals surface area contributed by atoms with E-state index < -0.39 is 11.9 Å². The van der Waals surface area contributed by atoms with Crippen molar-refractivity contribution in [3.05, 3.63) is 57.9 Å². The summed E-state index contributed by atoms with van der Waals surface area (Å²) in [6.45, 7) is 9.80. The highest BCUT2D eigenvalue weighted by Crippen LogP contribution is 2.54. The molecule has 5 heteroatoms. The number of benzene rings is 1. The highest BCUT2D eigenvalue weighted by atomic mass is 16.4. The smallest absolute Gasteiger partial charge is 0.162 e. The zero-order valence-electron chi connectivity index (χ0n) is 19.0. The molecule has 0 saturated carbocycles. The zero-order chi connectivity index (χ0) is 22.7. The molecule has 1 heterocycles. The molecule has 1 aromatic carbocycles. The van der Waals surface area contributed by atoms with Crippen LogP contribution in [0, 0.1) is 17.8 Å². The van der Waals surface area contributed by atoms with Crippen LogP contribution in [0.1, 0.15) is 70.4 Å². The van der Waals surface area contributed by atoms with Crippen molar-refractivity contribution in [3.8, 4) is 0 Å². The Morgan fingerprint density at radius 3 is 1.87 bits per heavy atom. The quantitative estimate of drug-likeness (QED) is 0.749. The second-order valence-electron chi connectivity index (χ2n) is 10.9. The minimum atomic E-state index is -1.21. The number of aryl methyl sites for hydroxylation is 1. The number of allylic oxidation sites excluding steroid dienone is 4. The summed E-state index contributed by atoms with van der Waals surface area (Å²) < 4.78 is 0. The van der Waals surface area contributed by atoms with E-state index in [0.29, 0.717) is 36.8 Å². The van der Waals surface area contributed by atoms with Gasteiger partial charge >= 0.3 is 0 Å². The topological polar surface area (TPSA) is 77.5 Å². The van der Waals surface area contributed by atoms with Gasteiger partial charge in [0.1, 0.15) is 0 Å². The number of carbonyl (C=O) groups is 3. The molecule has 0 amide bonds. The van der Waals surface area contributed by atoms with E-state index in [-0.39, 0.29) is 28.9 Å². The first-order chi connectivity index (χ1) is 14.4. The van der Waals surface area contributed by atoms with Crippen molar-refractivity contribution in [2.24, 2.45) is 10.8 Å². The van der Waals surface area contributed by atoms with E-state index >= 15 is 0 Å². The van der Waals surface area contributed by atoms with Gasteiger partial charge in [0.2, 0.25) is 0 Å². The van der Waals surface area contributed by atoms with Gasteiger partial charge in [-0.15, -0.1) is 0 Å². The molecule has 3 aliphatic rings. The molecular weight excluding hydrogens is 390 g/mol. The van der Waals surface area contributed by atoms with E-state index in [1.165, 1.54) is 0 Å². The van der Waals surface area contributed by atoms with Crippen LogP contribution in [0.25, 0.3) is 0 Å². The van der Waals surface area contributed by atoms with Gasteiger partial charge in [-0.05, 0) is 41.7 Å². The maximum atomic E-state index is 13.5. The van der Waals surface area contributed by atoms with Gasteiger partial charge in [0, 0.05) is 41.3 Å². The molecule has 0 unspecified atom stereocenters. The predicted molar refractivity (Wildman–Crippen MR) is 116 cm³/mol. The van der Waals surface area contributed by atoms with Crippen molar-refractivity contribution in [3.63, 3.8) is 0 Å². The first kappa shape index (κ1) is 21.5. The lowest BCUT2D eigenvalue weighted by molar-refractivity contribution is -0.305. The number of carboxylic acids is 1. The normalized spacial score (nSPS) is 23.1. The minimum Gasteiger partial charge on any atom is -0.548 e. The first-order valence-electron chi connectivity index (χ1n) is 11.0. The number of hydrogen-bond donors (Lipinski definition) is 0. The summed E-state index contributed by atoms with van der Waals surface area (Å²) in [5.74, 6) is -1.63. The molecule has 0 radical (unpaired) electrons. The minimum absolute atomic E-state index is 0.00651. The average Bonchev–Trinajstić information content (AvgIpc) is 2.61. The number of rotatable bonds is 3. The van der Waals surface area contributed by atoms with Crippen LogP contribution in [0.4, 0.5) is 0 Å². The maximum Gasteiger partial charge on any atom is 0.162 e. The van der Waals surface area contributed by atoms with Crippen LogP contribution < -0.4 is 5.11 Å². The van der Waals surface area contributed by atoms with E-state index in [1.807, 2.05) is 58.9 Å². The first-order valence-corrected chi connectivity index (χ1v) is 11.0. The van der Waals surface area contributed by atoms with Crippen LogP contribution in [0.2, 0.25) is 0 Å². The third-order valence-corrected chi connectivity index (χ3v) is 6.81. The van der Waals surface area contributed by atoms with Gasteiger partial charge in [-0.1, -0.05) is 52.0 Å². The molecule has 1 aromatic rings. The summed E-state index contributed by atoms with van der Waals surface area (Å²) >= 11 is 0. The van der Waals surface area contributed by atoms with Crippen molar-refractivity contribution in [1.82, 2.24) is 4.90 Å². The standard InChI is InChI=1S/C26H31NO4/c1-15-8-6-7-9-16(15)22-23-17(10-25(2,3)12-19(23)28)27(14-21(30)31)18-11-26(4,5)13-20(29)24(18)22/h6-9,22H,10-14H2,1-5H3,(H,30,31)/p-1. The van der Waals surface area contributed by atoms with Gasteiger partial charge < -0.3 is 14.8 Å². The zero-order valence-corrected chi connectivity index (χ0v) is 19.0. The fourth-order valence-electron chi connectivity index (χ4n) is 5.59. The third-order valence-electron chi connectivity index (χ3n) is 6.81. The molecule has 0 N–H and O–H groups in total. The molecule has 31 heavy (non-hydrogen) atoms. The second kappa shape index (κ2) is 7.18. The third kappa shape index (κ3) is 3.75. The molecule has 164 valence electrons. The van der Waals surface area contributed by atoms with Crippen molar-refractivity contribution in [2.75, 3.05) is 6.54 Å². The number of hydrogen-bond acceptors (Lipinski definition) is 5. The van der Waals surface area contributed by atoms with E-state index in [9.17, 15) is 19.5 Å². The lowest BCUT2D eigenvalue weighted by atomic mass is 9.63. The largest absolute Gasteiger partial charge is 0.548 e. The molecule has 5 nitrogen and oxygen atoms in total. The van der Waals surface area contributed by atoms with E-state index in [0.717, 1.165) is 22.5 Å². The van der Waals surface area contributed by atoms with Gasteiger partial charge in [0.25, 0.3) is 0 Å². The summed E-state index contributed by atoms with van der Waals surface area (Å²) in [4.78, 5) is 40.5. The van der Waals surface area contributed by atoms with Gasteiger partial charge in [0.15, 0.2) is 11.6 Å². The van der Waals surface area contributed by atoms with Gasteiger partial charge in [-0.3, -0.25) is 9.59 Å². The van der Waals surface area contributed by atoms with E-state index in [1.54, 1.807) is 4.90 Å². The van der Waals surface area contributed by atoms with Crippen LogP contribution in [0.3, 0.4) is 0 Å². The lowest BCUT2D eigenvalue weighted by Gasteiger charge is -2.49. The summed E-state index contributed by atoms with van der Waals surface area (Å²) in [6.07, 6.45) is 1.95. The molecule has 0 bridgehead atoms. The predicted octanol–water partition coefficient (Wildman–Crippen LogP) is 3.43. The molecule has 4 rings (SSSR count). The molecule has 0 atom stereocenters. The lowest BCUT2D eigenvalue weighted by Crippen LogP contribution is -2.47. The molecule has 0 saturated heterocycles. The molecule has 0 fully saturated rings. The Labute approximate surface area is 183 Å². The maximum absolute atomic E-state index is 13.5. The van der Waals surface area contributed by atoms with Crippen LogP contribution in [-0.2, 0) is 14.4 Å². The Bertz CT molecular complexity index is 1000. The molecule has 2 aliphatic carbocycles. The van der Waals surface area contributed by atoms with Crippen LogP contribution in [0.5, 0.6) is 0 Å². The fraction of sp³-hybridized carbons (Fsp3) is 0.500. The Kier molecular flexibility index (Phi) is 4.99. The summed E-state index contributed by atoms with van der Waals surface area (Å²) in [6, 6.07) is 7.87. The number of aliphatic carboxylic acids is 1. The highest BCUT2D eigenvalue weighted by molar-refractivity contribution is 6.07.